The molecule has 1 aliphatic rings. The van der Waals surface area contributed by atoms with Gasteiger partial charge in [-0.1, -0.05) is 13.3 Å². The van der Waals surface area contributed by atoms with Gasteiger partial charge >= 0.3 is 0 Å². The second-order valence-electron chi connectivity index (χ2n) is 5.51. The SMILES string of the molecule is CCCCOc1ccc(C(=O)NC2CCC(=O)CC2)cc1. The van der Waals surface area contributed by atoms with E-state index in [4.69, 9.17) is 4.74 Å². The fourth-order valence-electron chi connectivity index (χ4n) is 2.39. The molecule has 1 aromatic carbocycles. The van der Waals surface area contributed by atoms with Crippen LogP contribution >= 0.6 is 0 Å². The first kappa shape index (κ1) is 15.5. The molecular formula is C17H23NO3. The summed E-state index contributed by atoms with van der Waals surface area (Å²) in [7, 11) is 0. The van der Waals surface area contributed by atoms with Crippen LogP contribution in [0.2, 0.25) is 0 Å². The molecule has 0 spiro atoms. The molecule has 4 heteroatoms. The lowest BCUT2D eigenvalue weighted by Gasteiger charge is -2.22. The molecule has 2 rings (SSSR count). The van der Waals surface area contributed by atoms with E-state index < -0.39 is 0 Å². The molecule has 1 fully saturated rings. The lowest BCUT2D eigenvalue weighted by Crippen LogP contribution is -2.37. The molecule has 1 aliphatic carbocycles. The van der Waals surface area contributed by atoms with Crippen LogP contribution in [0, 0.1) is 0 Å². The molecule has 21 heavy (non-hydrogen) atoms. The molecule has 0 atom stereocenters. The van der Waals surface area contributed by atoms with Crippen molar-refractivity contribution in [3.05, 3.63) is 29.8 Å². The summed E-state index contributed by atoms with van der Waals surface area (Å²) in [5.74, 6) is 1.02. The minimum atomic E-state index is -0.0746. The van der Waals surface area contributed by atoms with Gasteiger partial charge in [-0.15, -0.1) is 0 Å². The number of hydrogen-bond donors (Lipinski definition) is 1. The van der Waals surface area contributed by atoms with Gasteiger partial charge in [0.15, 0.2) is 0 Å². The first-order valence-electron chi connectivity index (χ1n) is 7.74. The van der Waals surface area contributed by atoms with Gasteiger partial charge in [-0.2, -0.15) is 0 Å². The number of carbonyl (C=O) groups excluding carboxylic acids is 2. The number of rotatable bonds is 6. The largest absolute Gasteiger partial charge is 0.494 e. The van der Waals surface area contributed by atoms with E-state index in [1.165, 1.54) is 0 Å². The molecule has 1 saturated carbocycles. The highest BCUT2D eigenvalue weighted by Gasteiger charge is 2.20. The Morgan fingerprint density at radius 2 is 1.90 bits per heavy atom. The fraction of sp³-hybridized carbons (Fsp3) is 0.529. The summed E-state index contributed by atoms with van der Waals surface area (Å²) in [4.78, 5) is 23.3. The standard InChI is InChI=1S/C17H23NO3/c1-2-3-12-21-16-10-4-13(5-11-16)17(20)18-14-6-8-15(19)9-7-14/h4-5,10-11,14H,2-3,6-9,12H2,1H3,(H,18,20). The number of unbranched alkanes of at least 4 members (excludes halogenated alkanes) is 1. The molecular weight excluding hydrogens is 266 g/mol. The third-order valence-corrected chi connectivity index (χ3v) is 3.76. The van der Waals surface area contributed by atoms with Crippen LogP contribution in [0.5, 0.6) is 5.75 Å². The second kappa shape index (κ2) is 7.81. The van der Waals surface area contributed by atoms with Crippen molar-refractivity contribution in [2.45, 2.75) is 51.5 Å². The molecule has 4 nitrogen and oxygen atoms in total. The van der Waals surface area contributed by atoms with Crippen molar-refractivity contribution in [1.82, 2.24) is 5.32 Å². The van der Waals surface area contributed by atoms with Gasteiger partial charge in [-0.05, 0) is 43.5 Å². The highest BCUT2D eigenvalue weighted by Crippen LogP contribution is 2.16. The van der Waals surface area contributed by atoms with Crippen LogP contribution in [0.1, 0.15) is 55.8 Å². The summed E-state index contributed by atoms with van der Waals surface area (Å²) in [6, 6.07) is 7.34. The highest BCUT2D eigenvalue weighted by atomic mass is 16.5. The Balaban J connectivity index is 1.83. The predicted octanol–water partition coefficient (Wildman–Crippen LogP) is 3.11. The highest BCUT2D eigenvalue weighted by molar-refractivity contribution is 5.94. The van der Waals surface area contributed by atoms with Crippen molar-refractivity contribution in [2.75, 3.05) is 6.61 Å². The van der Waals surface area contributed by atoms with Crippen LogP contribution in [0.25, 0.3) is 0 Å². The number of benzene rings is 1. The van der Waals surface area contributed by atoms with Gasteiger partial charge in [0.25, 0.3) is 5.91 Å². The Morgan fingerprint density at radius 3 is 2.52 bits per heavy atom. The molecule has 1 amide bonds. The Kier molecular flexibility index (Phi) is 5.78. The first-order valence-corrected chi connectivity index (χ1v) is 7.74. The molecule has 0 saturated heterocycles. The van der Waals surface area contributed by atoms with Crippen molar-refractivity contribution >= 4 is 11.7 Å². The molecule has 1 aromatic rings. The summed E-state index contributed by atoms with van der Waals surface area (Å²) >= 11 is 0. The minimum Gasteiger partial charge on any atom is -0.494 e. The van der Waals surface area contributed by atoms with Gasteiger partial charge < -0.3 is 10.1 Å². The molecule has 0 radical (unpaired) electrons. The molecule has 114 valence electrons. The zero-order valence-electron chi connectivity index (χ0n) is 12.6. The first-order chi connectivity index (χ1) is 10.2. The van der Waals surface area contributed by atoms with Crippen LogP contribution in [0.3, 0.4) is 0 Å². The average molecular weight is 289 g/mol. The normalized spacial score (nSPS) is 15.8. The predicted molar refractivity (Wildman–Crippen MR) is 81.6 cm³/mol. The van der Waals surface area contributed by atoms with E-state index in [0.717, 1.165) is 31.4 Å². The third kappa shape index (κ3) is 4.88. The van der Waals surface area contributed by atoms with Crippen molar-refractivity contribution in [2.24, 2.45) is 0 Å². The average Bonchev–Trinajstić information content (AvgIpc) is 2.50. The van der Waals surface area contributed by atoms with E-state index >= 15 is 0 Å². The van der Waals surface area contributed by atoms with Gasteiger partial charge in [0.2, 0.25) is 0 Å². The van der Waals surface area contributed by atoms with Gasteiger partial charge in [-0.25, -0.2) is 0 Å². The number of ether oxygens (including phenoxy) is 1. The summed E-state index contributed by atoms with van der Waals surface area (Å²) < 4.78 is 5.57. The number of ketones is 1. The zero-order valence-corrected chi connectivity index (χ0v) is 12.6. The Hall–Kier alpha value is -1.84. The zero-order chi connectivity index (χ0) is 15.1. The van der Waals surface area contributed by atoms with Crippen LogP contribution in [0.4, 0.5) is 0 Å². The topological polar surface area (TPSA) is 55.4 Å². The smallest absolute Gasteiger partial charge is 0.251 e. The molecule has 0 aromatic heterocycles. The van der Waals surface area contributed by atoms with E-state index in [9.17, 15) is 9.59 Å². The number of nitrogens with one attached hydrogen (secondary N) is 1. The maximum absolute atomic E-state index is 12.1. The van der Waals surface area contributed by atoms with Crippen molar-refractivity contribution in [3.63, 3.8) is 0 Å². The Labute approximate surface area is 125 Å². The molecule has 0 bridgehead atoms. The van der Waals surface area contributed by atoms with E-state index in [0.29, 0.717) is 30.8 Å². The number of Topliss-reactive ketones (excluding diaryl/α,β-unsaturated/α-hetero) is 1. The monoisotopic (exact) mass is 289 g/mol. The van der Waals surface area contributed by atoms with Gasteiger partial charge in [0.05, 0.1) is 6.61 Å². The van der Waals surface area contributed by atoms with Crippen LogP contribution in [-0.4, -0.2) is 24.3 Å². The lowest BCUT2D eigenvalue weighted by molar-refractivity contribution is -0.120. The second-order valence-corrected chi connectivity index (χ2v) is 5.51. The maximum atomic E-state index is 12.1. The van der Waals surface area contributed by atoms with E-state index in [-0.39, 0.29) is 11.9 Å². The van der Waals surface area contributed by atoms with Gasteiger partial charge in [-0.3, -0.25) is 9.59 Å². The summed E-state index contributed by atoms with van der Waals surface area (Å²) in [6.45, 7) is 2.83. The number of hydrogen-bond acceptors (Lipinski definition) is 3. The van der Waals surface area contributed by atoms with Gasteiger partial charge in [0, 0.05) is 24.4 Å². The van der Waals surface area contributed by atoms with Crippen LogP contribution < -0.4 is 10.1 Å². The summed E-state index contributed by atoms with van der Waals surface area (Å²) in [6.07, 6.45) is 4.79. The van der Waals surface area contributed by atoms with Gasteiger partial charge in [0.1, 0.15) is 11.5 Å². The molecule has 0 aliphatic heterocycles. The minimum absolute atomic E-state index is 0.0746. The van der Waals surface area contributed by atoms with E-state index in [1.54, 1.807) is 12.1 Å². The lowest BCUT2D eigenvalue weighted by atomic mass is 9.94. The van der Waals surface area contributed by atoms with Crippen molar-refractivity contribution < 1.29 is 14.3 Å². The quantitative estimate of drug-likeness (QED) is 0.819. The van der Waals surface area contributed by atoms with E-state index in [2.05, 4.69) is 12.2 Å². The maximum Gasteiger partial charge on any atom is 0.251 e. The van der Waals surface area contributed by atoms with Crippen molar-refractivity contribution in [1.29, 1.82) is 0 Å². The Morgan fingerprint density at radius 1 is 1.24 bits per heavy atom. The summed E-state index contributed by atoms with van der Waals surface area (Å²) in [5.41, 5.74) is 0.634. The fourth-order valence-corrected chi connectivity index (χ4v) is 2.39. The third-order valence-electron chi connectivity index (χ3n) is 3.76. The van der Waals surface area contributed by atoms with Crippen molar-refractivity contribution in [3.8, 4) is 5.75 Å². The molecule has 0 unspecified atom stereocenters. The number of amides is 1. The van der Waals surface area contributed by atoms with E-state index in [1.807, 2.05) is 12.1 Å². The van der Waals surface area contributed by atoms with Crippen LogP contribution in [0.15, 0.2) is 24.3 Å². The molecule has 0 heterocycles. The Bertz CT molecular complexity index is 471. The van der Waals surface area contributed by atoms with Crippen LogP contribution in [-0.2, 0) is 4.79 Å². The molecule has 1 N–H and O–H groups in total. The number of carbonyl (C=O) groups is 2. The summed E-state index contributed by atoms with van der Waals surface area (Å²) in [5, 5.41) is 3.00.